The first kappa shape index (κ1) is 28.1. The van der Waals surface area contributed by atoms with Gasteiger partial charge >= 0.3 is 0 Å². The van der Waals surface area contributed by atoms with E-state index in [-0.39, 0.29) is 0 Å². The first-order valence-corrected chi connectivity index (χ1v) is 16.9. The second-order valence-corrected chi connectivity index (χ2v) is 12.7. The fourth-order valence-electron chi connectivity index (χ4n) is 6.73. The van der Waals surface area contributed by atoms with Crippen LogP contribution in [0.5, 0.6) is 0 Å². The van der Waals surface area contributed by atoms with E-state index in [1.165, 1.54) is 55.0 Å². The molecule has 1 aromatic heterocycles. The number of anilines is 3. The van der Waals surface area contributed by atoms with Crippen molar-refractivity contribution in [3.05, 3.63) is 176 Å². The molecule has 48 heavy (non-hydrogen) atoms. The number of fused-ring (bicyclic) bond motifs is 3. The third kappa shape index (κ3) is 5.00. The minimum Gasteiger partial charge on any atom is -0.309 e. The average Bonchev–Trinajstić information content (AvgIpc) is 3.66. The van der Waals surface area contributed by atoms with Gasteiger partial charge in [-0.25, -0.2) is 4.98 Å². The number of benzene rings is 8. The minimum absolute atomic E-state index is 0.735. The van der Waals surface area contributed by atoms with Crippen molar-refractivity contribution in [3.63, 3.8) is 0 Å². The van der Waals surface area contributed by atoms with Gasteiger partial charge in [-0.05, 0) is 86.7 Å². The molecule has 0 spiro atoms. The van der Waals surface area contributed by atoms with Crippen molar-refractivity contribution in [1.82, 2.24) is 9.36 Å². The Kier molecular flexibility index (Phi) is 6.99. The summed E-state index contributed by atoms with van der Waals surface area (Å²) in [7, 11) is 0. The molecule has 0 radical (unpaired) electrons. The van der Waals surface area contributed by atoms with Gasteiger partial charge in [-0.15, -0.1) is 0 Å². The highest BCUT2D eigenvalue weighted by atomic mass is 32.1. The Hall–Kier alpha value is -6.10. The van der Waals surface area contributed by atoms with E-state index < -0.39 is 0 Å². The van der Waals surface area contributed by atoms with Crippen LogP contribution in [0.25, 0.3) is 65.4 Å². The SMILES string of the molecule is c1cc(-c2nc(-c3ccc(N(c4cccc5ccccc45)c4cccc5ccccc45)cc3)ns2)cc(-c2cccc3ccccc23)c1. The van der Waals surface area contributed by atoms with Crippen molar-refractivity contribution in [1.29, 1.82) is 0 Å². The van der Waals surface area contributed by atoms with Crippen molar-refractivity contribution in [2.45, 2.75) is 0 Å². The minimum atomic E-state index is 0.735. The molecule has 1 heterocycles. The van der Waals surface area contributed by atoms with E-state index in [4.69, 9.17) is 9.36 Å². The Morgan fingerprint density at radius 2 is 0.938 bits per heavy atom. The molecule has 0 atom stereocenters. The van der Waals surface area contributed by atoms with Gasteiger partial charge in [0.1, 0.15) is 5.01 Å². The molecule has 0 fully saturated rings. The van der Waals surface area contributed by atoms with Crippen molar-refractivity contribution < 1.29 is 0 Å². The van der Waals surface area contributed by atoms with Crippen LogP contribution in [-0.2, 0) is 0 Å². The summed E-state index contributed by atoms with van der Waals surface area (Å²) in [5.41, 5.74) is 7.80. The summed E-state index contributed by atoms with van der Waals surface area (Å²) in [5, 5.41) is 8.21. The lowest BCUT2D eigenvalue weighted by atomic mass is 9.97. The molecule has 0 saturated carbocycles. The Morgan fingerprint density at radius 1 is 0.417 bits per heavy atom. The van der Waals surface area contributed by atoms with Crippen LogP contribution in [0.15, 0.2) is 176 Å². The standard InChI is InChI=1S/C44H29N3S/c1-4-19-37-30(11-1)14-8-22-38(37)34-17-7-18-35(29-34)44-45-43(46-48-44)33-25-27-36(28-26-33)47(41-23-9-15-31-12-2-5-20-39(31)41)42-24-10-16-32-13-3-6-21-40(32)42/h1-29H. The highest BCUT2D eigenvalue weighted by molar-refractivity contribution is 7.09. The van der Waals surface area contributed by atoms with E-state index in [2.05, 4.69) is 181 Å². The van der Waals surface area contributed by atoms with Gasteiger partial charge in [0, 0.05) is 27.6 Å². The second kappa shape index (κ2) is 11.9. The summed E-state index contributed by atoms with van der Waals surface area (Å²) < 4.78 is 4.80. The smallest absolute Gasteiger partial charge is 0.173 e. The van der Waals surface area contributed by atoms with Gasteiger partial charge in [-0.2, -0.15) is 4.37 Å². The average molecular weight is 632 g/mol. The first-order chi connectivity index (χ1) is 23.8. The van der Waals surface area contributed by atoms with Crippen molar-refractivity contribution in [3.8, 4) is 33.1 Å². The van der Waals surface area contributed by atoms with Gasteiger partial charge in [-0.3, -0.25) is 0 Å². The highest BCUT2D eigenvalue weighted by Gasteiger charge is 2.18. The molecule has 0 unspecified atom stereocenters. The van der Waals surface area contributed by atoms with Gasteiger partial charge in [0.05, 0.1) is 11.4 Å². The fraction of sp³-hybridized carbons (Fsp3) is 0. The van der Waals surface area contributed by atoms with Crippen LogP contribution in [0.4, 0.5) is 17.1 Å². The van der Waals surface area contributed by atoms with Crippen LogP contribution < -0.4 is 4.90 Å². The van der Waals surface area contributed by atoms with Crippen LogP contribution in [0.2, 0.25) is 0 Å². The number of hydrogen-bond acceptors (Lipinski definition) is 4. The monoisotopic (exact) mass is 631 g/mol. The van der Waals surface area contributed by atoms with Gasteiger partial charge in [0.25, 0.3) is 0 Å². The van der Waals surface area contributed by atoms with Crippen LogP contribution in [0.3, 0.4) is 0 Å². The van der Waals surface area contributed by atoms with Crippen LogP contribution in [0.1, 0.15) is 0 Å². The molecule has 4 heteroatoms. The molecule has 0 N–H and O–H groups in total. The topological polar surface area (TPSA) is 29.0 Å². The Balaban J connectivity index is 1.09. The van der Waals surface area contributed by atoms with Gasteiger partial charge < -0.3 is 4.90 Å². The molecule has 9 aromatic rings. The van der Waals surface area contributed by atoms with E-state index in [1.807, 2.05) is 0 Å². The summed E-state index contributed by atoms with van der Waals surface area (Å²) in [6.45, 7) is 0. The van der Waals surface area contributed by atoms with E-state index in [9.17, 15) is 0 Å². The maximum Gasteiger partial charge on any atom is 0.173 e. The van der Waals surface area contributed by atoms with Gasteiger partial charge in [0.15, 0.2) is 5.82 Å². The molecule has 8 aromatic carbocycles. The molecule has 9 rings (SSSR count). The summed E-state index contributed by atoms with van der Waals surface area (Å²) in [5.74, 6) is 0.735. The van der Waals surface area contributed by atoms with E-state index in [1.54, 1.807) is 0 Å². The zero-order valence-electron chi connectivity index (χ0n) is 26.0. The number of nitrogens with zero attached hydrogens (tertiary/aromatic N) is 3. The quantitative estimate of drug-likeness (QED) is 0.183. The molecular weight excluding hydrogens is 603 g/mol. The Morgan fingerprint density at radius 3 is 1.60 bits per heavy atom. The molecule has 0 aliphatic carbocycles. The largest absolute Gasteiger partial charge is 0.309 e. The Bertz CT molecular complexity index is 2490. The van der Waals surface area contributed by atoms with E-state index in [0.29, 0.717) is 0 Å². The zero-order chi connectivity index (χ0) is 31.9. The summed E-state index contributed by atoms with van der Waals surface area (Å²) in [6.07, 6.45) is 0. The predicted octanol–water partition coefficient (Wildman–Crippen LogP) is 12.5. The van der Waals surface area contributed by atoms with Crippen LogP contribution >= 0.6 is 11.5 Å². The van der Waals surface area contributed by atoms with Crippen molar-refractivity contribution in [2.24, 2.45) is 0 Å². The number of aromatic nitrogens is 2. The third-order valence-electron chi connectivity index (χ3n) is 9.03. The van der Waals surface area contributed by atoms with Gasteiger partial charge in [0.2, 0.25) is 0 Å². The van der Waals surface area contributed by atoms with Crippen LogP contribution in [0, 0.1) is 0 Å². The van der Waals surface area contributed by atoms with Crippen molar-refractivity contribution >= 4 is 60.9 Å². The molecule has 0 saturated heterocycles. The molecular formula is C44H29N3S. The number of rotatable bonds is 6. The lowest BCUT2D eigenvalue weighted by Gasteiger charge is -2.28. The van der Waals surface area contributed by atoms with Crippen molar-refractivity contribution in [2.75, 3.05) is 4.90 Å². The normalized spacial score (nSPS) is 11.3. The van der Waals surface area contributed by atoms with E-state index in [0.717, 1.165) is 39.0 Å². The first-order valence-electron chi connectivity index (χ1n) is 16.1. The summed E-state index contributed by atoms with van der Waals surface area (Å²) in [6, 6.07) is 62.5. The zero-order valence-corrected chi connectivity index (χ0v) is 26.8. The molecule has 0 amide bonds. The summed E-state index contributed by atoms with van der Waals surface area (Å²) >= 11 is 1.44. The molecule has 0 aliphatic rings. The lowest BCUT2D eigenvalue weighted by Crippen LogP contribution is -2.11. The second-order valence-electron chi connectivity index (χ2n) is 11.9. The molecule has 3 nitrogen and oxygen atoms in total. The lowest BCUT2D eigenvalue weighted by molar-refractivity contribution is 1.29. The molecule has 0 aliphatic heterocycles. The number of hydrogen-bond donors (Lipinski definition) is 0. The fourth-order valence-corrected chi connectivity index (χ4v) is 7.41. The maximum atomic E-state index is 5.01. The third-order valence-corrected chi connectivity index (χ3v) is 9.80. The molecule has 226 valence electrons. The maximum absolute atomic E-state index is 5.01. The highest BCUT2D eigenvalue weighted by Crippen LogP contribution is 2.42. The van der Waals surface area contributed by atoms with E-state index >= 15 is 0 Å². The summed E-state index contributed by atoms with van der Waals surface area (Å²) in [4.78, 5) is 7.38. The molecule has 0 bridgehead atoms. The Labute approximate surface area is 283 Å². The predicted molar refractivity (Wildman–Crippen MR) is 203 cm³/mol. The van der Waals surface area contributed by atoms with Gasteiger partial charge in [-0.1, -0.05) is 133 Å². The van der Waals surface area contributed by atoms with Crippen LogP contribution in [-0.4, -0.2) is 9.36 Å².